The van der Waals surface area contributed by atoms with Crippen LogP contribution in [0, 0.1) is 5.41 Å². The van der Waals surface area contributed by atoms with Crippen molar-refractivity contribution in [1.82, 2.24) is 4.90 Å². The molecule has 0 aliphatic heterocycles. The van der Waals surface area contributed by atoms with Gasteiger partial charge in [-0.3, -0.25) is 0 Å². The number of rotatable bonds is 12. The average molecular weight is 255 g/mol. The Balaban J connectivity index is 4.22. The monoisotopic (exact) mass is 255 g/mol. The van der Waals surface area contributed by atoms with Gasteiger partial charge in [-0.15, -0.1) is 0 Å². The van der Waals surface area contributed by atoms with Gasteiger partial charge in [-0.2, -0.15) is 0 Å². The summed E-state index contributed by atoms with van der Waals surface area (Å²) in [6.07, 6.45) is 11.2. The molecule has 0 radical (unpaired) electrons. The third kappa shape index (κ3) is 8.13. The van der Waals surface area contributed by atoms with E-state index in [1.165, 1.54) is 71.0 Å². The molecule has 0 saturated carbocycles. The van der Waals surface area contributed by atoms with E-state index in [4.69, 9.17) is 0 Å². The van der Waals surface area contributed by atoms with Gasteiger partial charge in [-0.05, 0) is 31.3 Å². The lowest BCUT2D eigenvalue weighted by Crippen LogP contribution is -2.36. The molecule has 0 aromatic rings. The van der Waals surface area contributed by atoms with Gasteiger partial charge in [0.05, 0.1) is 0 Å². The predicted octanol–water partition coefficient (Wildman–Crippen LogP) is 5.50. The standard InChI is InChI=1S/C17H37N/c1-6-10-12-13-15-17(5,14-11-7-2)16-18(8-3)9-4/h6-16H2,1-5H3. The fourth-order valence-electron chi connectivity index (χ4n) is 2.85. The molecule has 0 N–H and O–H groups in total. The molecule has 0 aliphatic rings. The highest BCUT2D eigenvalue weighted by Gasteiger charge is 2.25. The molecule has 18 heavy (non-hydrogen) atoms. The summed E-state index contributed by atoms with van der Waals surface area (Å²) in [6.45, 7) is 15.4. The molecule has 0 saturated heterocycles. The first kappa shape index (κ1) is 18.0. The smallest absolute Gasteiger partial charge is 0.00351 e. The highest BCUT2D eigenvalue weighted by molar-refractivity contribution is 4.78. The maximum Gasteiger partial charge on any atom is 0.00351 e. The summed E-state index contributed by atoms with van der Waals surface area (Å²) in [7, 11) is 0. The van der Waals surface area contributed by atoms with Gasteiger partial charge in [0.15, 0.2) is 0 Å². The van der Waals surface area contributed by atoms with E-state index in [1.807, 2.05) is 0 Å². The second-order valence-electron chi connectivity index (χ2n) is 6.19. The molecule has 0 aliphatic carbocycles. The molecular formula is C17H37N. The second kappa shape index (κ2) is 10.8. The minimum atomic E-state index is 0.551. The van der Waals surface area contributed by atoms with Crippen LogP contribution in [0.2, 0.25) is 0 Å². The number of unbranched alkanes of at least 4 members (excludes halogenated alkanes) is 4. The number of nitrogens with zero attached hydrogens (tertiary/aromatic N) is 1. The molecule has 0 aromatic heterocycles. The van der Waals surface area contributed by atoms with Gasteiger partial charge < -0.3 is 4.90 Å². The quantitative estimate of drug-likeness (QED) is 0.416. The average Bonchev–Trinajstić information content (AvgIpc) is 2.39. The first-order chi connectivity index (χ1) is 8.61. The molecular weight excluding hydrogens is 218 g/mol. The Morgan fingerprint density at radius 2 is 1.28 bits per heavy atom. The van der Waals surface area contributed by atoms with Gasteiger partial charge in [-0.1, -0.05) is 73.1 Å². The van der Waals surface area contributed by atoms with Crippen molar-refractivity contribution in [3.63, 3.8) is 0 Å². The third-order valence-corrected chi connectivity index (χ3v) is 4.27. The van der Waals surface area contributed by atoms with Crippen LogP contribution in [0.3, 0.4) is 0 Å². The number of hydrogen-bond donors (Lipinski definition) is 0. The Hall–Kier alpha value is -0.0400. The lowest BCUT2D eigenvalue weighted by molar-refractivity contribution is 0.147. The Morgan fingerprint density at radius 1 is 0.722 bits per heavy atom. The van der Waals surface area contributed by atoms with Crippen LogP contribution in [0.4, 0.5) is 0 Å². The molecule has 0 amide bonds. The first-order valence-electron chi connectivity index (χ1n) is 8.34. The summed E-state index contributed by atoms with van der Waals surface area (Å²) in [5.41, 5.74) is 0.551. The van der Waals surface area contributed by atoms with Crippen LogP contribution in [0.5, 0.6) is 0 Å². The van der Waals surface area contributed by atoms with Crippen molar-refractivity contribution in [3.05, 3.63) is 0 Å². The van der Waals surface area contributed by atoms with E-state index in [-0.39, 0.29) is 0 Å². The molecule has 1 heteroatoms. The summed E-state index contributed by atoms with van der Waals surface area (Å²) >= 11 is 0. The summed E-state index contributed by atoms with van der Waals surface area (Å²) in [5, 5.41) is 0. The second-order valence-corrected chi connectivity index (χ2v) is 6.19. The van der Waals surface area contributed by atoms with Gasteiger partial charge in [0, 0.05) is 6.54 Å². The molecule has 0 spiro atoms. The first-order valence-corrected chi connectivity index (χ1v) is 8.34. The molecule has 0 rings (SSSR count). The zero-order chi connectivity index (χ0) is 13.9. The maximum atomic E-state index is 2.61. The van der Waals surface area contributed by atoms with Crippen molar-refractivity contribution in [2.75, 3.05) is 19.6 Å². The lowest BCUT2D eigenvalue weighted by atomic mass is 9.79. The molecule has 1 atom stereocenters. The third-order valence-electron chi connectivity index (χ3n) is 4.27. The molecule has 0 fully saturated rings. The van der Waals surface area contributed by atoms with Gasteiger partial charge in [-0.25, -0.2) is 0 Å². The van der Waals surface area contributed by atoms with Gasteiger partial charge in [0.1, 0.15) is 0 Å². The summed E-state index contributed by atoms with van der Waals surface area (Å²) in [5.74, 6) is 0. The topological polar surface area (TPSA) is 3.24 Å². The lowest BCUT2D eigenvalue weighted by Gasteiger charge is -2.35. The van der Waals surface area contributed by atoms with Crippen molar-refractivity contribution in [2.24, 2.45) is 5.41 Å². The fraction of sp³-hybridized carbons (Fsp3) is 1.00. The Labute approximate surface area is 116 Å². The van der Waals surface area contributed by atoms with Crippen LogP contribution in [0.15, 0.2) is 0 Å². The normalized spacial score (nSPS) is 15.0. The van der Waals surface area contributed by atoms with Crippen molar-refractivity contribution < 1.29 is 0 Å². The van der Waals surface area contributed by atoms with Crippen LogP contribution >= 0.6 is 0 Å². The van der Waals surface area contributed by atoms with Crippen molar-refractivity contribution in [3.8, 4) is 0 Å². The van der Waals surface area contributed by atoms with E-state index < -0.39 is 0 Å². The van der Waals surface area contributed by atoms with E-state index >= 15 is 0 Å². The Morgan fingerprint density at radius 3 is 1.78 bits per heavy atom. The van der Waals surface area contributed by atoms with E-state index in [0.717, 1.165) is 0 Å². The molecule has 110 valence electrons. The summed E-state index contributed by atoms with van der Waals surface area (Å²) < 4.78 is 0. The van der Waals surface area contributed by atoms with E-state index in [1.54, 1.807) is 0 Å². The van der Waals surface area contributed by atoms with Crippen LogP contribution in [-0.4, -0.2) is 24.5 Å². The molecule has 1 nitrogen and oxygen atoms in total. The van der Waals surface area contributed by atoms with E-state index in [9.17, 15) is 0 Å². The van der Waals surface area contributed by atoms with Crippen LogP contribution in [0.25, 0.3) is 0 Å². The zero-order valence-corrected chi connectivity index (χ0v) is 13.7. The van der Waals surface area contributed by atoms with Gasteiger partial charge in [0.25, 0.3) is 0 Å². The van der Waals surface area contributed by atoms with E-state index in [2.05, 4.69) is 39.5 Å². The zero-order valence-electron chi connectivity index (χ0n) is 13.7. The molecule has 1 unspecified atom stereocenters. The molecule has 0 heterocycles. The Bertz CT molecular complexity index is 174. The summed E-state index contributed by atoms with van der Waals surface area (Å²) in [4.78, 5) is 2.61. The predicted molar refractivity (Wildman–Crippen MR) is 84.2 cm³/mol. The fourth-order valence-corrected chi connectivity index (χ4v) is 2.85. The van der Waals surface area contributed by atoms with Crippen molar-refractivity contribution >= 4 is 0 Å². The van der Waals surface area contributed by atoms with Crippen molar-refractivity contribution in [2.45, 2.75) is 86.0 Å². The SMILES string of the molecule is CCCCCCC(C)(CCCC)CN(CC)CC. The molecule has 0 bridgehead atoms. The van der Waals surface area contributed by atoms with E-state index in [0.29, 0.717) is 5.41 Å². The maximum absolute atomic E-state index is 2.61. The Kier molecular flexibility index (Phi) is 10.8. The minimum absolute atomic E-state index is 0.551. The highest BCUT2D eigenvalue weighted by atomic mass is 15.1. The van der Waals surface area contributed by atoms with Crippen LogP contribution < -0.4 is 0 Å². The van der Waals surface area contributed by atoms with Crippen LogP contribution in [-0.2, 0) is 0 Å². The minimum Gasteiger partial charge on any atom is -0.303 e. The molecule has 0 aromatic carbocycles. The number of hydrogen-bond acceptors (Lipinski definition) is 1. The van der Waals surface area contributed by atoms with Gasteiger partial charge in [0.2, 0.25) is 0 Å². The van der Waals surface area contributed by atoms with Gasteiger partial charge >= 0.3 is 0 Å². The van der Waals surface area contributed by atoms with Crippen LogP contribution in [0.1, 0.15) is 86.0 Å². The van der Waals surface area contributed by atoms with Crippen molar-refractivity contribution in [1.29, 1.82) is 0 Å². The summed E-state index contributed by atoms with van der Waals surface area (Å²) in [6, 6.07) is 0. The highest BCUT2D eigenvalue weighted by Crippen LogP contribution is 2.32. The largest absolute Gasteiger partial charge is 0.303 e.